The minimum Gasteiger partial charge on any atom is -0.351 e. The van der Waals surface area contributed by atoms with E-state index in [1.807, 2.05) is 36.4 Å². The summed E-state index contributed by atoms with van der Waals surface area (Å²) in [5.74, 6) is 0.116. The van der Waals surface area contributed by atoms with Gasteiger partial charge < -0.3 is 15.1 Å². The van der Waals surface area contributed by atoms with Gasteiger partial charge in [-0.2, -0.15) is 0 Å². The van der Waals surface area contributed by atoms with E-state index in [-0.39, 0.29) is 29.7 Å². The summed E-state index contributed by atoms with van der Waals surface area (Å²) in [6.45, 7) is 1.77. The van der Waals surface area contributed by atoms with Crippen LogP contribution in [0.1, 0.15) is 31.2 Å². The number of piperidine rings is 2. The second-order valence-corrected chi connectivity index (χ2v) is 7.36. The lowest BCUT2D eigenvalue weighted by Gasteiger charge is -2.34. The zero-order valence-corrected chi connectivity index (χ0v) is 15.8. The summed E-state index contributed by atoms with van der Waals surface area (Å²) in [6.07, 6.45) is 5.97. The number of carbonyl (C=O) groups is 3. The highest BCUT2D eigenvalue weighted by atomic mass is 16.2. The molecule has 1 aromatic carbocycles. The predicted molar refractivity (Wildman–Crippen MR) is 104 cm³/mol. The molecule has 1 atom stereocenters. The zero-order valence-electron chi connectivity index (χ0n) is 15.8. The van der Waals surface area contributed by atoms with Crippen molar-refractivity contribution in [1.82, 2.24) is 15.1 Å². The number of rotatable bonds is 4. The molecule has 6 heteroatoms. The molecule has 27 heavy (non-hydrogen) atoms. The molecule has 0 bridgehead atoms. The van der Waals surface area contributed by atoms with E-state index < -0.39 is 0 Å². The van der Waals surface area contributed by atoms with Crippen LogP contribution in [-0.2, 0) is 14.4 Å². The first-order valence-electron chi connectivity index (χ1n) is 9.59. The van der Waals surface area contributed by atoms with Crippen molar-refractivity contribution in [3.8, 4) is 0 Å². The number of likely N-dealkylation sites (N-methyl/N-ethyl adjacent to an activating group) is 1. The number of nitrogens with zero attached hydrogens (tertiary/aromatic N) is 2. The van der Waals surface area contributed by atoms with Crippen molar-refractivity contribution in [2.24, 2.45) is 5.92 Å². The molecule has 0 aromatic heterocycles. The molecule has 2 fully saturated rings. The van der Waals surface area contributed by atoms with Gasteiger partial charge in [0.05, 0.1) is 0 Å². The Hall–Kier alpha value is -2.63. The molecule has 2 aliphatic rings. The van der Waals surface area contributed by atoms with E-state index in [1.165, 1.54) is 0 Å². The number of likely N-dealkylation sites (tertiary alicyclic amines) is 2. The van der Waals surface area contributed by atoms with Gasteiger partial charge >= 0.3 is 0 Å². The van der Waals surface area contributed by atoms with Crippen molar-refractivity contribution < 1.29 is 14.4 Å². The van der Waals surface area contributed by atoms with Gasteiger partial charge in [0.2, 0.25) is 17.7 Å². The number of nitrogens with one attached hydrogen (secondary N) is 1. The largest absolute Gasteiger partial charge is 0.351 e. The van der Waals surface area contributed by atoms with Crippen molar-refractivity contribution in [3.05, 3.63) is 42.0 Å². The fraction of sp³-hybridized carbons (Fsp3) is 0.476. The Morgan fingerprint density at radius 1 is 1.11 bits per heavy atom. The molecule has 0 radical (unpaired) electrons. The summed E-state index contributed by atoms with van der Waals surface area (Å²) >= 11 is 0. The summed E-state index contributed by atoms with van der Waals surface area (Å²) in [5.41, 5.74) is 0.996. The van der Waals surface area contributed by atoms with Gasteiger partial charge in [0.15, 0.2) is 0 Å². The molecular formula is C21H27N3O3. The van der Waals surface area contributed by atoms with Crippen molar-refractivity contribution in [2.75, 3.05) is 26.7 Å². The average molecular weight is 369 g/mol. The molecule has 3 amide bonds. The van der Waals surface area contributed by atoms with Gasteiger partial charge in [-0.25, -0.2) is 0 Å². The number of amides is 3. The third-order valence-corrected chi connectivity index (χ3v) is 5.37. The van der Waals surface area contributed by atoms with Crippen LogP contribution in [0.2, 0.25) is 0 Å². The Labute approximate surface area is 160 Å². The topological polar surface area (TPSA) is 69.7 Å². The molecule has 144 valence electrons. The fourth-order valence-electron chi connectivity index (χ4n) is 3.65. The molecule has 0 spiro atoms. The van der Waals surface area contributed by atoms with E-state index in [0.717, 1.165) is 5.56 Å². The number of hydrogen-bond acceptors (Lipinski definition) is 3. The molecule has 1 unspecified atom stereocenters. The standard InChI is InChI=1S/C21H27N3O3/c1-23-15-18(8-10-19(23)25)22-21(27)17-11-13-24(14-12-17)20(26)9-7-16-5-3-2-4-6-16/h2-7,9,17-18H,8,10-15H2,1H3,(H,22,27)/b9-7+. The Kier molecular flexibility index (Phi) is 6.27. The lowest BCUT2D eigenvalue weighted by atomic mass is 9.94. The first-order valence-corrected chi connectivity index (χ1v) is 9.59. The van der Waals surface area contributed by atoms with Gasteiger partial charge in [0.25, 0.3) is 0 Å². The molecule has 3 rings (SSSR count). The van der Waals surface area contributed by atoms with Crippen LogP contribution in [0.5, 0.6) is 0 Å². The highest BCUT2D eigenvalue weighted by Crippen LogP contribution is 2.19. The molecular weight excluding hydrogens is 342 g/mol. The Balaban J connectivity index is 1.44. The zero-order chi connectivity index (χ0) is 19.2. The molecule has 0 aliphatic carbocycles. The summed E-state index contributed by atoms with van der Waals surface area (Å²) in [5, 5.41) is 3.08. The van der Waals surface area contributed by atoms with Crippen LogP contribution in [0.4, 0.5) is 0 Å². The van der Waals surface area contributed by atoms with Crippen LogP contribution in [0.3, 0.4) is 0 Å². The second-order valence-electron chi connectivity index (χ2n) is 7.36. The fourth-order valence-corrected chi connectivity index (χ4v) is 3.65. The van der Waals surface area contributed by atoms with E-state index in [1.54, 1.807) is 22.9 Å². The van der Waals surface area contributed by atoms with Gasteiger partial charge in [0, 0.05) is 51.1 Å². The van der Waals surface area contributed by atoms with Crippen LogP contribution in [0.15, 0.2) is 36.4 Å². The average Bonchev–Trinajstić information content (AvgIpc) is 2.70. The van der Waals surface area contributed by atoms with Crippen molar-refractivity contribution in [1.29, 1.82) is 0 Å². The van der Waals surface area contributed by atoms with Gasteiger partial charge in [0.1, 0.15) is 0 Å². The lowest BCUT2D eigenvalue weighted by molar-refractivity contribution is -0.135. The quantitative estimate of drug-likeness (QED) is 0.821. The van der Waals surface area contributed by atoms with E-state index >= 15 is 0 Å². The third kappa shape index (κ3) is 5.18. The first-order chi connectivity index (χ1) is 13.0. The predicted octanol–water partition coefficient (Wildman–Crippen LogP) is 1.68. The maximum absolute atomic E-state index is 12.5. The number of carbonyl (C=O) groups excluding carboxylic acids is 3. The molecule has 0 saturated carbocycles. The number of benzene rings is 1. The Bertz CT molecular complexity index is 709. The van der Waals surface area contributed by atoms with Gasteiger partial charge in [-0.05, 0) is 30.9 Å². The van der Waals surface area contributed by atoms with Crippen molar-refractivity contribution in [2.45, 2.75) is 31.7 Å². The molecule has 2 saturated heterocycles. The van der Waals surface area contributed by atoms with Crippen LogP contribution < -0.4 is 5.32 Å². The molecule has 1 aromatic rings. The minimum atomic E-state index is -0.0601. The van der Waals surface area contributed by atoms with Crippen molar-refractivity contribution in [3.63, 3.8) is 0 Å². The van der Waals surface area contributed by atoms with E-state index in [4.69, 9.17) is 0 Å². The normalized spacial score (nSPS) is 21.5. The Morgan fingerprint density at radius 2 is 1.81 bits per heavy atom. The summed E-state index contributed by atoms with van der Waals surface area (Å²) in [7, 11) is 1.77. The minimum absolute atomic E-state index is 0.00914. The van der Waals surface area contributed by atoms with Crippen LogP contribution in [-0.4, -0.2) is 60.2 Å². The van der Waals surface area contributed by atoms with E-state index in [0.29, 0.717) is 45.3 Å². The van der Waals surface area contributed by atoms with E-state index in [2.05, 4.69) is 5.32 Å². The van der Waals surface area contributed by atoms with Crippen LogP contribution in [0, 0.1) is 5.92 Å². The number of hydrogen-bond donors (Lipinski definition) is 1. The van der Waals surface area contributed by atoms with Gasteiger partial charge in [-0.15, -0.1) is 0 Å². The SMILES string of the molecule is CN1CC(NC(=O)C2CCN(C(=O)/C=C/c3ccccc3)CC2)CCC1=O. The lowest BCUT2D eigenvalue weighted by Crippen LogP contribution is -2.51. The second kappa shape index (κ2) is 8.84. The molecule has 2 aliphatic heterocycles. The summed E-state index contributed by atoms with van der Waals surface area (Å²) in [4.78, 5) is 39.9. The molecule has 6 nitrogen and oxygen atoms in total. The summed E-state index contributed by atoms with van der Waals surface area (Å²) < 4.78 is 0. The monoisotopic (exact) mass is 369 g/mol. The van der Waals surface area contributed by atoms with E-state index in [9.17, 15) is 14.4 Å². The smallest absolute Gasteiger partial charge is 0.246 e. The highest BCUT2D eigenvalue weighted by molar-refractivity contribution is 5.92. The molecule has 1 N–H and O–H groups in total. The van der Waals surface area contributed by atoms with Crippen LogP contribution >= 0.6 is 0 Å². The maximum Gasteiger partial charge on any atom is 0.246 e. The maximum atomic E-state index is 12.5. The highest BCUT2D eigenvalue weighted by Gasteiger charge is 2.30. The summed E-state index contributed by atoms with van der Waals surface area (Å²) in [6, 6.07) is 9.77. The third-order valence-electron chi connectivity index (χ3n) is 5.37. The first kappa shape index (κ1) is 19.1. The molecule has 2 heterocycles. The van der Waals surface area contributed by atoms with Crippen molar-refractivity contribution >= 4 is 23.8 Å². The van der Waals surface area contributed by atoms with Gasteiger partial charge in [-0.3, -0.25) is 14.4 Å². The van der Waals surface area contributed by atoms with Gasteiger partial charge in [-0.1, -0.05) is 30.3 Å². The Morgan fingerprint density at radius 3 is 2.48 bits per heavy atom. The van der Waals surface area contributed by atoms with Crippen LogP contribution in [0.25, 0.3) is 6.08 Å².